The summed E-state index contributed by atoms with van der Waals surface area (Å²) in [5, 5.41) is 0. The molecule has 0 fully saturated rings. The Kier molecular flexibility index (Phi) is 4.42. The highest BCUT2D eigenvalue weighted by Gasteiger charge is 2.17. The SMILES string of the molecule is Cc1ccc(CNS(=O)(=O)c2ccc(Br)cc2N)cn1. The molecule has 3 N–H and O–H groups in total. The molecule has 5 nitrogen and oxygen atoms in total. The van der Waals surface area contributed by atoms with Gasteiger partial charge in [-0.25, -0.2) is 13.1 Å². The molecule has 0 amide bonds. The number of hydrogen-bond donors (Lipinski definition) is 2. The van der Waals surface area contributed by atoms with Gasteiger partial charge in [0.25, 0.3) is 0 Å². The Morgan fingerprint density at radius 2 is 2.05 bits per heavy atom. The lowest BCUT2D eigenvalue weighted by Crippen LogP contribution is -2.24. The molecule has 0 spiro atoms. The number of benzene rings is 1. The second-order valence-corrected chi connectivity index (χ2v) is 6.97. The van der Waals surface area contributed by atoms with E-state index < -0.39 is 10.0 Å². The Balaban J connectivity index is 2.17. The predicted octanol–water partition coefficient (Wildman–Crippen LogP) is 2.21. The Bertz CT molecular complexity index is 715. The number of pyridine rings is 1. The Labute approximate surface area is 126 Å². The molecule has 0 saturated heterocycles. The van der Waals surface area contributed by atoms with Crippen molar-refractivity contribution in [3.63, 3.8) is 0 Å². The first-order valence-corrected chi connectivity index (χ1v) is 8.12. The van der Waals surface area contributed by atoms with E-state index >= 15 is 0 Å². The van der Waals surface area contributed by atoms with Crippen LogP contribution in [0.3, 0.4) is 0 Å². The number of nitrogens with one attached hydrogen (secondary N) is 1. The topological polar surface area (TPSA) is 85.1 Å². The first-order valence-electron chi connectivity index (χ1n) is 5.85. The fourth-order valence-corrected chi connectivity index (χ4v) is 3.13. The van der Waals surface area contributed by atoms with Crippen LogP contribution in [0.25, 0.3) is 0 Å². The van der Waals surface area contributed by atoms with Crippen LogP contribution in [-0.4, -0.2) is 13.4 Å². The van der Waals surface area contributed by atoms with E-state index in [-0.39, 0.29) is 17.1 Å². The molecule has 106 valence electrons. The third kappa shape index (κ3) is 3.56. The standard InChI is InChI=1S/C13H14BrN3O2S/c1-9-2-3-10(7-16-9)8-17-20(18,19)13-5-4-11(14)6-12(13)15/h2-7,17H,8,15H2,1H3. The van der Waals surface area contributed by atoms with Crippen molar-refractivity contribution in [3.05, 3.63) is 52.3 Å². The van der Waals surface area contributed by atoms with Gasteiger partial charge in [0.05, 0.1) is 5.69 Å². The van der Waals surface area contributed by atoms with Gasteiger partial charge in [0, 0.05) is 22.9 Å². The minimum absolute atomic E-state index is 0.0702. The largest absolute Gasteiger partial charge is 0.398 e. The molecule has 1 aromatic carbocycles. The van der Waals surface area contributed by atoms with Gasteiger partial charge in [-0.15, -0.1) is 0 Å². The van der Waals surface area contributed by atoms with Crippen LogP contribution < -0.4 is 10.5 Å². The van der Waals surface area contributed by atoms with Gasteiger partial charge >= 0.3 is 0 Å². The third-order valence-electron chi connectivity index (χ3n) is 2.70. The molecule has 0 unspecified atom stereocenters. The molecule has 0 aliphatic heterocycles. The molecule has 1 aromatic heterocycles. The second kappa shape index (κ2) is 5.90. The molecule has 0 aliphatic carbocycles. The van der Waals surface area contributed by atoms with Crippen molar-refractivity contribution >= 4 is 31.6 Å². The summed E-state index contributed by atoms with van der Waals surface area (Å²) in [6.07, 6.45) is 1.64. The van der Waals surface area contributed by atoms with Crippen molar-refractivity contribution in [2.24, 2.45) is 0 Å². The van der Waals surface area contributed by atoms with Crippen LogP contribution in [0.1, 0.15) is 11.3 Å². The first-order chi connectivity index (χ1) is 9.38. The van der Waals surface area contributed by atoms with E-state index in [0.29, 0.717) is 0 Å². The Morgan fingerprint density at radius 1 is 1.30 bits per heavy atom. The number of rotatable bonds is 4. The maximum absolute atomic E-state index is 12.2. The van der Waals surface area contributed by atoms with Crippen molar-refractivity contribution in [1.29, 1.82) is 0 Å². The van der Waals surface area contributed by atoms with E-state index in [2.05, 4.69) is 25.6 Å². The van der Waals surface area contributed by atoms with Gasteiger partial charge in [0.1, 0.15) is 4.90 Å². The van der Waals surface area contributed by atoms with Crippen LogP contribution in [0.5, 0.6) is 0 Å². The zero-order valence-corrected chi connectivity index (χ0v) is 13.2. The lowest BCUT2D eigenvalue weighted by molar-refractivity contribution is 0.581. The summed E-state index contributed by atoms with van der Waals surface area (Å²) >= 11 is 3.24. The molecule has 0 atom stereocenters. The molecule has 7 heteroatoms. The van der Waals surface area contributed by atoms with Gasteiger partial charge in [-0.05, 0) is 36.8 Å². The summed E-state index contributed by atoms with van der Waals surface area (Å²) in [5.41, 5.74) is 7.61. The van der Waals surface area contributed by atoms with Gasteiger partial charge in [0.15, 0.2) is 0 Å². The first kappa shape index (κ1) is 15.0. The van der Waals surface area contributed by atoms with Gasteiger partial charge < -0.3 is 5.73 Å². The van der Waals surface area contributed by atoms with E-state index in [0.717, 1.165) is 15.7 Å². The van der Waals surface area contributed by atoms with Gasteiger partial charge in [-0.1, -0.05) is 22.0 Å². The molecule has 2 aromatic rings. The summed E-state index contributed by atoms with van der Waals surface area (Å²) in [6, 6.07) is 8.32. The van der Waals surface area contributed by atoms with Crippen LogP contribution in [0, 0.1) is 6.92 Å². The zero-order valence-electron chi connectivity index (χ0n) is 10.8. The minimum Gasteiger partial charge on any atom is -0.398 e. The monoisotopic (exact) mass is 355 g/mol. The fraction of sp³-hybridized carbons (Fsp3) is 0.154. The van der Waals surface area contributed by atoms with Crippen LogP contribution in [0.15, 0.2) is 45.9 Å². The van der Waals surface area contributed by atoms with Gasteiger partial charge in [-0.3, -0.25) is 4.98 Å². The van der Waals surface area contributed by atoms with E-state index in [1.54, 1.807) is 18.3 Å². The van der Waals surface area contributed by atoms with Crippen LogP contribution in [0.4, 0.5) is 5.69 Å². The van der Waals surface area contributed by atoms with E-state index in [4.69, 9.17) is 5.73 Å². The normalized spacial score (nSPS) is 11.5. The summed E-state index contributed by atoms with van der Waals surface area (Å²) < 4.78 is 27.6. The number of anilines is 1. The number of hydrogen-bond acceptors (Lipinski definition) is 4. The van der Waals surface area contributed by atoms with Crippen molar-refractivity contribution in [2.45, 2.75) is 18.4 Å². The van der Waals surface area contributed by atoms with Crippen LogP contribution >= 0.6 is 15.9 Å². The Hall–Kier alpha value is -1.44. The second-order valence-electron chi connectivity index (χ2n) is 4.31. The molecule has 0 aliphatic rings. The highest BCUT2D eigenvalue weighted by molar-refractivity contribution is 9.10. The number of sulfonamides is 1. The summed E-state index contributed by atoms with van der Waals surface area (Å²) in [6.45, 7) is 2.04. The summed E-state index contributed by atoms with van der Waals surface area (Å²) in [7, 11) is -3.64. The molecule has 20 heavy (non-hydrogen) atoms. The number of nitrogens with two attached hydrogens (primary N) is 1. The minimum atomic E-state index is -3.64. The number of halogens is 1. The fourth-order valence-electron chi connectivity index (χ4n) is 1.62. The molecule has 0 bridgehead atoms. The average Bonchev–Trinajstić information content (AvgIpc) is 2.37. The highest BCUT2D eigenvalue weighted by Crippen LogP contribution is 2.22. The quantitative estimate of drug-likeness (QED) is 0.823. The van der Waals surface area contributed by atoms with Gasteiger partial charge in [-0.2, -0.15) is 0 Å². The van der Waals surface area contributed by atoms with E-state index in [1.165, 1.54) is 6.07 Å². The number of nitrogen functional groups attached to an aromatic ring is 1. The molecule has 0 saturated carbocycles. The molecular weight excluding hydrogens is 342 g/mol. The number of aromatic nitrogens is 1. The third-order valence-corrected chi connectivity index (χ3v) is 4.67. The summed E-state index contributed by atoms with van der Waals surface area (Å²) in [5.74, 6) is 0. The number of nitrogens with zero attached hydrogens (tertiary/aromatic N) is 1. The smallest absolute Gasteiger partial charge is 0.242 e. The van der Waals surface area contributed by atoms with Crippen LogP contribution in [0.2, 0.25) is 0 Å². The Morgan fingerprint density at radius 3 is 2.65 bits per heavy atom. The summed E-state index contributed by atoms with van der Waals surface area (Å²) in [4.78, 5) is 4.19. The molecule has 2 rings (SSSR count). The van der Waals surface area contributed by atoms with Crippen LogP contribution in [-0.2, 0) is 16.6 Å². The lowest BCUT2D eigenvalue weighted by atomic mass is 10.2. The van der Waals surface area contributed by atoms with Crippen molar-refractivity contribution in [2.75, 3.05) is 5.73 Å². The molecular formula is C13H14BrN3O2S. The maximum atomic E-state index is 12.2. The van der Waals surface area contributed by atoms with E-state index in [1.807, 2.05) is 19.1 Å². The van der Waals surface area contributed by atoms with Crippen molar-refractivity contribution in [1.82, 2.24) is 9.71 Å². The van der Waals surface area contributed by atoms with Crippen molar-refractivity contribution in [3.8, 4) is 0 Å². The van der Waals surface area contributed by atoms with Gasteiger partial charge in [0.2, 0.25) is 10.0 Å². The average molecular weight is 356 g/mol. The van der Waals surface area contributed by atoms with Crippen molar-refractivity contribution < 1.29 is 8.42 Å². The zero-order chi connectivity index (χ0) is 14.8. The lowest BCUT2D eigenvalue weighted by Gasteiger charge is -2.09. The number of aryl methyl sites for hydroxylation is 1. The van der Waals surface area contributed by atoms with E-state index in [9.17, 15) is 8.42 Å². The highest BCUT2D eigenvalue weighted by atomic mass is 79.9. The molecule has 1 heterocycles. The predicted molar refractivity (Wildman–Crippen MR) is 81.6 cm³/mol. The maximum Gasteiger partial charge on any atom is 0.242 e. The molecule has 0 radical (unpaired) electrons.